The van der Waals surface area contributed by atoms with Crippen LogP contribution in [-0.4, -0.2) is 39.4 Å². The van der Waals surface area contributed by atoms with E-state index < -0.39 is 12.2 Å². The standard InChI is InChI=1S/C19H25F3N4O/c1-12-10-16(19(20,21)22)26-17(23-12)11-14(24-26)15-8-5-9-25(15)18(27)13-6-3-2-4-7-13/h2-3,11-13,15-16,23H,4-10H2,1H3/t12-,13-,15+,16-/m1/s1. The predicted molar refractivity (Wildman–Crippen MR) is 95.2 cm³/mol. The Balaban J connectivity index is 1.60. The van der Waals surface area contributed by atoms with Crippen LogP contribution in [0, 0.1) is 5.92 Å². The monoisotopic (exact) mass is 382 g/mol. The van der Waals surface area contributed by atoms with Crippen molar-refractivity contribution in [1.82, 2.24) is 14.7 Å². The molecule has 5 nitrogen and oxygen atoms in total. The number of rotatable bonds is 2. The molecule has 2 aliphatic heterocycles. The van der Waals surface area contributed by atoms with E-state index in [1.165, 1.54) is 0 Å². The van der Waals surface area contributed by atoms with Crippen LogP contribution in [0.2, 0.25) is 0 Å². The van der Waals surface area contributed by atoms with Gasteiger partial charge in [0, 0.05) is 24.6 Å². The lowest BCUT2D eigenvalue weighted by atomic mass is 9.92. The first-order valence-corrected chi connectivity index (χ1v) is 9.72. The average molecular weight is 382 g/mol. The summed E-state index contributed by atoms with van der Waals surface area (Å²) in [5.41, 5.74) is 0.568. The number of fused-ring (bicyclic) bond motifs is 1. The van der Waals surface area contributed by atoms with Gasteiger partial charge in [-0.1, -0.05) is 12.2 Å². The quantitative estimate of drug-likeness (QED) is 0.780. The van der Waals surface area contributed by atoms with Crippen LogP contribution < -0.4 is 5.32 Å². The second-order valence-corrected chi connectivity index (χ2v) is 7.91. The van der Waals surface area contributed by atoms with Gasteiger partial charge in [-0.3, -0.25) is 4.79 Å². The molecule has 1 aliphatic carbocycles. The highest BCUT2D eigenvalue weighted by molar-refractivity contribution is 5.80. The zero-order valence-electron chi connectivity index (χ0n) is 15.4. The first-order chi connectivity index (χ1) is 12.8. The molecule has 0 bridgehead atoms. The van der Waals surface area contributed by atoms with Gasteiger partial charge in [-0.25, -0.2) is 4.68 Å². The van der Waals surface area contributed by atoms with Crippen molar-refractivity contribution in [1.29, 1.82) is 0 Å². The molecule has 0 spiro atoms. The Morgan fingerprint density at radius 1 is 1.30 bits per heavy atom. The van der Waals surface area contributed by atoms with Gasteiger partial charge in [-0.05, 0) is 45.4 Å². The first kappa shape index (κ1) is 18.4. The molecule has 1 aromatic rings. The Kier molecular flexibility index (Phi) is 4.68. The number of likely N-dealkylation sites (tertiary alicyclic amines) is 1. The van der Waals surface area contributed by atoms with E-state index in [0.717, 1.165) is 36.8 Å². The van der Waals surface area contributed by atoms with Crippen LogP contribution in [0.5, 0.6) is 0 Å². The highest BCUT2D eigenvalue weighted by Gasteiger charge is 2.46. The largest absolute Gasteiger partial charge is 0.410 e. The topological polar surface area (TPSA) is 50.2 Å². The molecule has 1 fully saturated rings. The van der Waals surface area contributed by atoms with E-state index in [-0.39, 0.29) is 30.3 Å². The molecule has 27 heavy (non-hydrogen) atoms. The van der Waals surface area contributed by atoms with Crippen LogP contribution in [0.25, 0.3) is 0 Å². The van der Waals surface area contributed by atoms with Crippen LogP contribution in [0.1, 0.15) is 63.2 Å². The minimum atomic E-state index is -4.34. The maximum atomic E-state index is 13.5. The summed E-state index contributed by atoms with van der Waals surface area (Å²) in [7, 11) is 0. The third kappa shape index (κ3) is 3.46. The Labute approximate surface area is 156 Å². The molecule has 4 atom stereocenters. The van der Waals surface area contributed by atoms with E-state index in [2.05, 4.69) is 16.5 Å². The zero-order valence-corrected chi connectivity index (χ0v) is 15.4. The fourth-order valence-corrected chi connectivity index (χ4v) is 4.53. The minimum absolute atomic E-state index is 0.0195. The average Bonchev–Trinajstić information content (AvgIpc) is 3.26. The number of hydrogen-bond acceptors (Lipinski definition) is 3. The molecule has 0 aromatic carbocycles. The van der Waals surface area contributed by atoms with Crippen LogP contribution in [0.4, 0.5) is 19.0 Å². The Morgan fingerprint density at radius 3 is 2.81 bits per heavy atom. The molecule has 1 amide bonds. The Bertz CT molecular complexity index is 742. The number of allylic oxidation sites excluding steroid dienone is 2. The molecule has 3 heterocycles. The van der Waals surface area contributed by atoms with Crippen molar-refractivity contribution in [2.24, 2.45) is 5.92 Å². The van der Waals surface area contributed by atoms with E-state index in [4.69, 9.17) is 0 Å². The summed E-state index contributed by atoms with van der Waals surface area (Å²) < 4.78 is 41.5. The summed E-state index contributed by atoms with van der Waals surface area (Å²) in [4.78, 5) is 14.8. The van der Waals surface area contributed by atoms with Gasteiger partial charge in [-0.2, -0.15) is 18.3 Å². The van der Waals surface area contributed by atoms with Gasteiger partial charge in [0.15, 0.2) is 6.04 Å². The van der Waals surface area contributed by atoms with Gasteiger partial charge in [0.25, 0.3) is 0 Å². The number of alkyl halides is 3. The molecule has 8 heteroatoms. The van der Waals surface area contributed by atoms with Gasteiger partial charge >= 0.3 is 6.18 Å². The lowest BCUT2D eigenvalue weighted by molar-refractivity contribution is -0.173. The van der Waals surface area contributed by atoms with Crippen molar-refractivity contribution in [2.45, 2.75) is 69.8 Å². The molecule has 0 saturated carbocycles. The second-order valence-electron chi connectivity index (χ2n) is 7.91. The van der Waals surface area contributed by atoms with Crippen LogP contribution in [0.3, 0.4) is 0 Å². The van der Waals surface area contributed by atoms with Gasteiger partial charge in [-0.15, -0.1) is 0 Å². The molecule has 3 aliphatic rings. The molecule has 1 saturated heterocycles. The van der Waals surface area contributed by atoms with E-state index in [0.29, 0.717) is 18.1 Å². The number of amides is 1. The number of carbonyl (C=O) groups excluding carboxylic acids is 1. The molecule has 1 N–H and O–H groups in total. The fourth-order valence-electron chi connectivity index (χ4n) is 4.53. The van der Waals surface area contributed by atoms with Crippen molar-refractivity contribution in [2.75, 3.05) is 11.9 Å². The van der Waals surface area contributed by atoms with E-state index in [9.17, 15) is 18.0 Å². The molecule has 4 rings (SSSR count). The van der Waals surface area contributed by atoms with Gasteiger partial charge in [0.2, 0.25) is 5.91 Å². The maximum Gasteiger partial charge on any atom is 0.410 e. The van der Waals surface area contributed by atoms with Crippen LogP contribution in [0.15, 0.2) is 18.2 Å². The molecule has 0 radical (unpaired) electrons. The van der Waals surface area contributed by atoms with E-state index in [1.807, 2.05) is 11.0 Å². The summed E-state index contributed by atoms with van der Waals surface area (Å²) in [5, 5.41) is 7.42. The third-order valence-electron chi connectivity index (χ3n) is 5.89. The molecule has 1 aromatic heterocycles. The molecular weight excluding hydrogens is 357 g/mol. The van der Waals surface area contributed by atoms with Crippen molar-refractivity contribution < 1.29 is 18.0 Å². The second kappa shape index (κ2) is 6.87. The van der Waals surface area contributed by atoms with E-state index >= 15 is 0 Å². The summed E-state index contributed by atoms with van der Waals surface area (Å²) in [6, 6.07) is -0.422. The van der Waals surface area contributed by atoms with Gasteiger partial charge < -0.3 is 10.2 Å². The summed E-state index contributed by atoms with van der Waals surface area (Å²) in [6.07, 6.45) is 3.86. The summed E-state index contributed by atoms with van der Waals surface area (Å²) >= 11 is 0. The van der Waals surface area contributed by atoms with E-state index in [1.54, 1.807) is 13.0 Å². The van der Waals surface area contributed by atoms with Gasteiger partial charge in [0.05, 0.1) is 11.7 Å². The highest BCUT2D eigenvalue weighted by atomic mass is 19.4. The summed E-state index contributed by atoms with van der Waals surface area (Å²) in [6.45, 7) is 2.40. The SMILES string of the molecule is C[C@@H]1C[C@H](C(F)(F)F)n2nc([C@@H]3CCCN3C(=O)[C@@H]3CC=CCC3)cc2N1. The summed E-state index contributed by atoms with van der Waals surface area (Å²) in [5.74, 6) is 0.487. The van der Waals surface area contributed by atoms with Crippen molar-refractivity contribution in [3.05, 3.63) is 23.9 Å². The third-order valence-corrected chi connectivity index (χ3v) is 5.89. The Morgan fingerprint density at radius 2 is 2.11 bits per heavy atom. The number of nitrogens with one attached hydrogen (secondary N) is 1. The number of carbonyl (C=O) groups is 1. The minimum Gasteiger partial charge on any atom is -0.368 e. The number of anilines is 1. The van der Waals surface area contributed by atoms with Crippen LogP contribution >= 0.6 is 0 Å². The maximum absolute atomic E-state index is 13.5. The van der Waals surface area contributed by atoms with Crippen molar-refractivity contribution in [3.8, 4) is 0 Å². The number of halogens is 3. The smallest absolute Gasteiger partial charge is 0.368 e. The molecular formula is C19H25F3N4O. The van der Waals surface area contributed by atoms with Crippen molar-refractivity contribution in [3.63, 3.8) is 0 Å². The number of nitrogens with zero attached hydrogens (tertiary/aromatic N) is 3. The predicted octanol–water partition coefficient (Wildman–Crippen LogP) is 4.21. The molecule has 0 unspecified atom stereocenters. The lowest BCUT2D eigenvalue weighted by Gasteiger charge is -2.31. The number of aromatic nitrogens is 2. The molecule has 148 valence electrons. The normalized spacial score (nSPS) is 30.9. The van der Waals surface area contributed by atoms with Gasteiger partial charge in [0.1, 0.15) is 5.82 Å². The fraction of sp³-hybridized carbons (Fsp3) is 0.684. The first-order valence-electron chi connectivity index (χ1n) is 9.72. The number of hydrogen-bond donors (Lipinski definition) is 1. The highest BCUT2D eigenvalue weighted by Crippen LogP contribution is 2.42. The zero-order chi connectivity index (χ0) is 19.2. The Hall–Kier alpha value is -1.99. The van der Waals surface area contributed by atoms with Crippen LogP contribution in [-0.2, 0) is 4.79 Å². The lowest BCUT2D eigenvalue weighted by Crippen LogP contribution is -2.38. The van der Waals surface area contributed by atoms with Crippen molar-refractivity contribution >= 4 is 11.7 Å².